The summed E-state index contributed by atoms with van der Waals surface area (Å²) >= 11 is 1.17. The Labute approximate surface area is 231 Å². The van der Waals surface area contributed by atoms with Crippen LogP contribution in [0.15, 0.2) is 53.6 Å². The second-order valence-electron chi connectivity index (χ2n) is 9.50. The Bertz CT molecular complexity index is 1230. The summed E-state index contributed by atoms with van der Waals surface area (Å²) in [7, 11) is 1.41. The minimum absolute atomic E-state index is 0.0467. The lowest BCUT2D eigenvalue weighted by molar-refractivity contribution is -0.144. The average Bonchev–Trinajstić information content (AvgIpc) is 3.32. The second-order valence-corrected chi connectivity index (χ2v) is 10.8. The minimum Gasteiger partial charge on any atom is -0.372 e. The number of rotatable bonds is 12. The van der Waals surface area contributed by atoms with E-state index in [1.165, 1.54) is 23.9 Å². The van der Waals surface area contributed by atoms with Crippen LogP contribution in [0.1, 0.15) is 57.6 Å². The number of thioether (sulfide) groups is 1. The molecule has 0 fully saturated rings. The molecule has 0 bridgehead atoms. The monoisotopic (exact) mass is 560 g/mol. The van der Waals surface area contributed by atoms with Crippen molar-refractivity contribution in [2.24, 2.45) is 10.8 Å². The first-order valence-corrected chi connectivity index (χ1v) is 13.6. The largest absolute Gasteiger partial charge is 0.372 e. The molecule has 2 amide bonds. The lowest BCUT2D eigenvalue weighted by Gasteiger charge is -2.37. The Balaban J connectivity index is 1.89. The molecule has 1 aliphatic rings. The van der Waals surface area contributed by atoms with Gasteiger partial charge >= 0.3 is 0 Å². The standard InChI is InChI=1S/C28H34F2N4O4S/c1-17(31)25(36)32-18(2)24(35)12-8-9-15-28(20-10-6-5-7-11-20)34(27(37)19(3)38-4)33-26(39-28)22-16-21(29)13-14-23(22)30/h5-7,10-11,13-14,16-19H,8-9,12,15,31H2,1-4H3,(H,32,36)/t17-,18-,19-,28-/m0/s1. The molecule has 3 N–H and O–H groups in total. The maximum atomic E-state index is 14.8. The Morgan fingerprint density at radius 2 is 1.79 bits per heavy atom. The summed E-state index contributed by atoms with van der Waals surface area (Å²) in [5.41, 5.74) is 6.26. The summed E-state index contributed by atoms with van der Waals surface area (Å²) in [4.78, 5) is 36.8. The maximum absolute atomic E-state index is 14.8. The van der Waals surface area contributed by atoms with Gasteiger partial charge in [-0.3, -0.25) is 14.4 Å². The van der Waals surface area contributed by atoms with Gasteiger partial charge in [0.2, 0.25) is 5.91 Å². The van der Waals surface area contributed by atoms with Crippen LogP contribution >= 0.6 is 11.8 Å². The van der Waals surface area contributed by atoms with E-state index >= 15 is 0 Å². The zero-order valence-electron chi connectivity index (χ0n) is 22.4. The molecule has 2 aromatic rings. The molecule has 210 valence electrons. The molecule has 0 saturated heterocycles. The zero-order valence-corrected chi connectivity index (χ0v) is 23.3. The van der Waals surface area contributed by atoms with Crippen LogP contribution in [0.2, 0.25) is 0 Å². The number of benzene rings is 2. The van der Waals surface area contributed by atoms with Crippen molar-refractivity contribution >= 4 is 34.4 Å². The highest BCUT2D eigenvalue weighted by molar-refractivity contribution is 8.15. The van der Waals surface area contributed by atoms with E-state index in [0.29, 0.717) is 19.3 Å². The number of carbonyl (C=O) groups excluding carboxylic acids is 3. The third-order valence-electron chi connectivity index (χ3n) is 6.54. The SMILES string of the molecule is CO[C@@H](C)C(=O)N1N=C(c2cc(F)ccc2F)S[C@@]1(CCCCC(=O)[C@H](C)NC(=O)[C@H](C)N)c1ccccc1. The van der Waals surface area contributed by atoms with Gasteiger partial charge in [0.25, 0.3) is 5.91 Å². The van der Waals surface area contributed by atoms with Gasteiger partial charge in [-0.25, -0.2) is 13.8 Å². The Morgan fingerprint density at radius 1 is 1.10 bits per heavy atom. The molecule has 0 radical (unpaired) electrons. The van der Waals surface area contributed by atoms with E-state index in [0.717, 1.165) is 23.8 Å². The number of unbranched alkanes of at least 4 members (excludes halogenated alkanes) is 1. The highest BCUT2D eigenvalue weighted by Crippen LogP contribution is 2.51. The molecule has 0 spiro atoms. The Kier molecular flexibility index (Phi) is 10.3. The number of hydrogen-bond acceptors (Lipinski definition) is 7. The maximum Gasteiger partial charge on any atom is 0.273 e. The molecule has 0 unspecified atom stereocenters. The van der Waals surface area contributed by atoms with Crippen LogP contribution in [0.4, 0.5) is 8.78 Å². The predicted molar refractivity (Wildman–Crippen MR) is 147 cm³/mol. The summed E-state index contributed by atoms with van der Waals surface area (Å²) in [5.74, 6) is -2.27. The number of ketones is 1. The van der Waals surface area contributed by atoms with Gasteiger partial charge in [0.15, 0.2) is 5.78 Å². The molecule has 0 aromatic heterocycles. The number of ether oxygens (including phenoxy) is 1. The number of halogens is 2. The molecule has 0 saturated carbocycles. The van der Waals surface area contributed by atoms with Crippen molar-refractivity contribution in [1.29, 1.82) is 0 Å². The number of amides is 2. The van der Waals surface area contributed by atoms with E-state index < -0.39 is 46.5 Å². The molecular formula is C28H34F2N4O4S. The molecule has 4 atom stereocenters. The smallest absolute Gasteiger partial charge is 0.273 e. The number of hydrazone groups is 1. The molecule has 11 heteroatoms. The first-order valence-electron chi connectivity index (χ1n) is 12.7. The van der Waals surface area contributed by atoms with Gasteiger partial charge in [0.1, 0.15) is 27.7 Å². The quantitative estimate of drug-likeness (QED) is 0.379. The van der Waals surface area contributed by atoms with Crippen LogP contribution in [0.25, 0.3) is 0 Å². The number of nitrogens with one attached hydrogen (secondary N) is 1. The molecule has 39 heavy (non-hydrogen) atoms. The fourth-order valence-electron chi connectivity index (χ4n) is 4.15. The zero-order chi connectivity index (χ0) is 28.7. The fourth-order valence-corrected chi connectivity index (χ4v) is 5.58. The van der Waals surface area contributed by atoms with Gasteiger partial charge in [0, 0.05) is 19.1 Å². The normalized spacial score (nSPS) is 19.3. The first kappa shape index (κ1) is 30.4. The number of Topliss-reactive ketones (excluding diaryl/α,β-unsaturated/α-hetero) is 1. The van der Waals surface area contributed by atoms with E-state index in [2.05, 4.69) is 10.4 Å². The predicted octanol–water partition coefficient (Wildman–Crippen LogP) is 4.07. The molecule has 3 rings (SSSR count). The third kappa shape index (κ3) is 7.09. The number of carbonyl (C=O) groups is 3. The molecule has 1 heterocycles. The summed E-state index contributed by atoms with van der Waals surface area (Å²) in [5, 5.41) is 8.56. The van der Waals surface area contributed by atoms with Gasteiger partial charge < -0.3 is 15.8 Å². The van der Waals surface area contributed by atoms with E-state index in [4.69, 9.17) is 10.5 Å². The number of nitrogens with two attached hydrogens (primary N) is 1. The average molecular weight is 561 g/mol. The topological polar surface area (TPSA) is 114 Å². The highest BCUT2D eigenvalue weighted by atomic mass is 32.2. The minimum atomic E-state index is -1.09. The van der Waals surface area contributed by atoms with Crippen LogP contribution in [-0.2, 0) is 24.0 Å². The van der Waals surface area contributed by atoms with E-state index in [1.807, 2.05) is 30.3 Å². The third-order valence-corrected chi connectivity index (χ3v) is 7.98. The van der Waals surface area contributed by atoms with Crippen LogP contribution in [0.5, 0.6) is 0 Å². The van der Waals surface area contributed by atoms with Crippen LogP contribution in [0, 0.1) is 11.6 Å². The lowest BCUT2D eigenvalue weighted by Crippen LogP contribution is -2.46. The first-order chi connectivity index (χ1) is 18.5. The molecule has 2 aromatic carbocycles. The second kappa shape index (κ2) is 13.3. The Morgan fingerprint density at radius 3 is 2.44 bits per heavy atom. The van der Waals surface area contributed by atoms with E-state index in [-0.39, 0.29) is 22.8 Å². The van der Waals surface area contributed by atoms with Gasteiger partial charge in [-0.2, -0.15) is 5.10 Å². The summed E-state index contributed by atoms with van der Waals surface area (Å²) in [6.45, 7) is 4.75. The van der Waals surface area contributed by atoms with Crippen molar-refractivity contribution < 1.29 is 27.9 Å². The van der Waals surface area contributed by atoms with Crippen molar-refractivity contribution in [3.8, 4) is 0 Å². The molecule has 8 nitrogen and oxygen atoms in total. The van der Waals surface area contributed by atoms with Crippen molar-refractivity contribution in [3.05, 3.63) is 71.3 Å². The van der Waals surface area contributed by atoms with Crippen molar-refractivity contribution in [2.75, 3.05) is 7.11 Å². The molecular weight excluding hydrogens is 526 g/mol. The number of nitrogens with zero attached hydrogens (tertiary/aromatic N) is 2. The van der Waals surface area contributed by atoms with Crippen molar-refractivity contribution in [2.45, 2.75) is 69.5 Å². The van der Waals surface area contributed by atoms with Crippen molar-refractivity contribution in [1.82, 2.24) is 10.3 Å². The van der Waals surface area contributed by atoms with Crippen molar-refractivity contribution in [3.63, 3.8) is 0 Å². The number of methoxy groups -OCH3 is 1. The van der Waals surface area contributed by atoms with Gasteiger partial charge in [-0.1, -0.05) is 42.1 Å². The van der Waals surface area contributed by atoms with Gasteiger partial charge in [0.05, 0.1) is 12.1 Å². The molecule has 1 aliphatic heterocycles. The van der Waals surface area contributed by atoms with Crippen LogP contribution in [-0.4, -0.2) is 52.9 Å². The fraction of sp³-hybridized carbons (Fsp3) is 0.429. The van der Waals surface area contributed by atoms with E-state index in [9.17, 15) is 23.2 Å². The van der Waals surface area contributed by atoms with Crippen LogP contribution in [0.3, 0.4) is 0 Å². The van der Waals surface area contributed by atoms with Crippen LogP contribution < -0.4 is 11.1 Å². The molecule has 0 aliphatic carbocycles. The number of hydrogen-bond donors (Lipinski definition) is 2. The lowest BCUT2D eigenvalue weighted by atomic mass is 9.97. The summed E-state index contributed by atoms with van der Waals surface area (Å²) in [6, 6.07) is 10.9. The van der Waals surface area contributed by atoms with Gasteiger partial charge in [-0.15, -0.1) is 0 Å². The van der Waals surface area contributed by atoms with Gasteiger partial charge in [-0.05, 0) is 63.8 Å². The van der Waals surface area contributed by atoms with E-state index in [1.54, 1.807) is 20.8 Å². The highest BCUT2D eigenvalue weighted by Gasteiger charge is 2.49. The summed E-state index contributed by atoms with van der Waals surface area (Å²) < 4.78 is 34.1. The summed E-state index contributed by atoms with van der Waals surface area (Å²) in [6.07, 6.45) is 0.691. The Hall–Kier alpha value is -3.15.